The van der Waals surface area contributed by atoms with Gasteiger partial charge in [0.2, 0.25) is 5.91 Å². The van der Waals surface area contributed by atoms with E-state index < -0.39 is 0 Å². The summed E-state index contributed by atoms with van der Waals surface area (Å²) in [6.45, 7) is 5.76. The second-order valence-electron chi connectivity index (χ2n) is 4.58. The minimum atomic E-state index is -0.325. The van der Waals surface area contributed by atoms with Crippen molar-refractivity contribution >= 4 is 5.91 Å². The molecule has 0 radical (unpaired) electrons. The summed E-state index contributed by atoms with van der Waals surface area (Å²) in [4.78, 5) is 13.8. The molecule has 1 aliphatic rings. The molecule has 0 aliphatic carbocycles. The number of piperidine rings is 1. The minimum absolute atomic E-state index is 0.233. The lowest BCUT2D eigenvalue weighted by Gasteiger charge is -2.30. The first-order chi connectivity index (χ1) is 6.55. The molecule has 1 aliphatic heterocycles. The average Bonchev–Trinajstić information content (AvgIpc) is 2.19. The van der Waals surface area contributed by atoms with Gasteiger partial charge in [-0.15, -0.1) is 0 Å². The fourth-order valence-corrected chi connectivity index (χ4v) is 1.69. The maximum Gasteiger partial charge on any atom is 0.225 e. The minimum Gasteiger partial charge on any atom is -0.378 e. The van der Waals surface area contributed by atoms with Gasteiger partial charge < -0.3 is 9.64 Å². The van der Waals surface area contributed by atoms with E-state index in [9.17, 15) is 4.79 Å². The predicted octanol–water partition coefficient (Wildman–Crippen LogP) is 1.81. The third kappa shape index (κ3) is 3.29. The Hall–Kier alpha value is -0.570. The molecule has 1 saturated heterocycles. The van der Waals surface area contributed by atoms with Gasteiger partial charge in [-0.2, -0.15) is 0 Å². The molecule has 14 heavy (non-hydrogen) atoms. The normalized spacial score (nSPS) is 18.4. The summed E-state index contributed by atoms with van der Waals surface area (Å²) in [5, 5.41) is 0. The number of methoxy groups -OCH3 is 1. The molecule has 1 amide bonds. The van der Waals surface area contributed by atoms with Crippen LogP contribution in [0.2, 0.25) is 0 Å². The van der Waals surface area contributed by atoms with Crippen LogP contribution in [0.1, 0.15) is 39.5 Å². The van der Waals surface area contributed by atoms with Gasteiger partial charge in [-0.25, -0.2) is 0 Å². The fourth-order valence-electron chi connectivity index (χ4n) is 1.69. The number of hydrogen-bond acceptors (Lipinski definition) is 2. The molecule has 0 N–H and O–H groups in total. The van der Waals surface area contributed by atoms with Crippen molar-refractivity contribution in [1.82, 2.24) is 4.90 Å². The van der Waals surface area contributed by atoms with Gasteiger partial charge in [-0.05, 0) is 33.1 Å². The summed E-state index contributed by atoms with van der Waals surface area (Å²) in [5.74, 6) is 0.233. The molecular formula is C11H21NO2. The van der Waals surface area contributed by atoms with E-state index in [2.05, 4.69) is 0 Å². The van der Waals surface area contributed by atoms with Gasteiger partial charge in [0, 0.05) is 20.2 Å². The highest BCUT2D eigenvalue weighted by molar-refractivity contribution is 5.77. The quantitative estimate of drug-likeness (QED) is 0.694. The third-order valence-electron chi connectivity index (χ3n) is 2.84. The number of carbonyl (C=O) groups is 1. The lowest BCUT2D eigenvalue weighted by molar-refractivity contribution is -0.137. The van der Waals surface area contributed by atoms with E-state index in [0.29, 0.717) is 6.42 Å². The molecular weight excluding hydrogens is 178 g/mol. The van der Waals surface area contributed by atoms with Crippen LogP contribution in [0.5, 0.6) is 0 Å². The lowest BCUT2D eigenvalue weighted by Crippen LogP contribution is -2.40. The summed E-state index contributed by atoms with van der Waals surface area (Å²) in [6, 6.07) is 0. The van der Waals surface area contributed by atoms with Crippen LogP contribution in [0, 0.1) is 0 Å². The maximum atomic E-state index is 11.8. The maximum absolute atomic E-state index is 11.8. The van der Waals surface area contributed by atoms with Crippen LogP contribution in [-0.4, -0.2) is 36.6 Å². The van der Waals surface area contributed by atoms with Crippen molar-refractivity contribution in [2.75, 3.05) is 20.2 Å². The van der Waals surface area contributed by atoms with E-state index in [1.807, 2.05) is 18.7 Å². The van der Waals surface area contributed by atoms with Crippen molar-refractivity contribution in [2.45, 2.75) is 45.1 Å². The molecule has 0 atom stereocenters. The van der Waals surface area contributed by atoms with Gasteiger partial charge in [0.25, 0.3) is 0 Å². The Bertz CT molecular complexity index is 195. The van der Waals surface area contributed by atoms with Gasteiger partial charge >= 0.3 is 0 Å². The molecule has 3 nitrogen and oxygen atoms in total. The molecule has 0 saturated carbocycles. The Morgan fingerprint density at radius 1 is 1.29 bits per heavy atom. The van der Waals surface area contributed by atoms with E-state index in [1.165, 1.54) is 6.42 Å². The number of likely N-dealkylation sites (tertiary alicyclic amines) is 1. The number of nitrogens with zero attached hydrogens (tertiary/aromatic N) is 1. The molecule has 1 fully saturated rings. The van der Waals surface area contributed by atoms with Gasteiger partial charge in [-0.3, -0.25) is 4.79 Å². The first kappa shape index (κ1) is 11.5. The second kappa shape index (κ2) is 4.78. The zero-order chi connectivity index (χ0) is 10.6. The zero-order valence-electron chi connectivity index (χ0n) is 9.51. The Morgan fingerprint density at radius 3 is 2.36 bits per heavy atom. The van der Waals surface area contributed by atoms with Gasteiger partial charge in [-0.1, -0.05) is 0 Å². The molecule has 0 spiro atoms. The topological polar surface area (TPSA) is 29.5 Å². The molecule has 0 aromatic heterocycles. The van der Waals surface area contributed by atoms with Crippen molar-refractivity contribution in [3.05, 3.63) is 0 Å². The predicted molar refractivity (Wildman–Crippen MR) is 56.1 cm³/mol. The van der Waals surface area contributed by atoms with Crippen LogP contribution in [0.3, 0.4) is 0 Å². The van der Waals surface area contributed by atoms with Crippen LogP contribution in [-0.2, 0) is 9.53 Å². The highest BCUT2D eigenvalue weighted by Gasteiger charge is 2.25. The highest BCUT2D eigenvalue weighted by atomic mass is 16.5. The SMILES string of the molecule is COC(C)(C)CC(=O)N1CCCCC1. The van der Waals surface area contributed by atoms with Crippen LogP contribution in [0.15, 0.2) is 0 Å². The van der Waals surface area contributed by atoms with Crippen LogP contribution in [0.4, 0.5) is 0 Å². The van der Waals surface area contributed by atoms with Crippen LogP contribution >= 0.6 is 0 Å². The molecule has 1 rings (SSSR count). The molecule has 1 heterocycles. The Labute approximate surface area is 86.4 Å². The standard InChI is InChI=1S/C11H21NO2/c1-11(2,14-3)9-10(13)12-7-5-4-6-8-12/h4-9H2,1-3H3. The van der Waals surface area contributed by atoms with E-state index in [0.717, 1.165) is 25.9 Å². The Balaban J connectivity index is 2.40. The molecule has 0 aromatic rings. The van der Waals surface area contributed by atoms with E-state index in [4.69, 9.17) is 4.74 Å². The van der Waals surface area contributed by atoms with Crippen LogP contribution < -0.4 is 0 Å². The Morgan fingerprint density at radius 2 is 1.86 bits per heavy atom. The van der Waals surface area contributed by atoms with Gasteiger partial charge in [0.05, 0.1) is 12.0 Å². The summed E-state index contributed by atoms with van der Waals surface area (Å²) in [7, 11) is 1.66. The van der Waals surface area contributed by atoms with E-state index in [1.54, 1.807) is 7.11 Å². The fraction of sp³-hybridized carbons (Fsp3) is 0.909. The molecule has 3 heteroatoms. The first-order valence-electron chi connectivity index (χ1n) is 5.38. The number of ether oxygens (including phenoxy) is 1. The molecule has 0 unspecified atom stereocenters. The first-order valence-corrected chi connectivity index (χ1v) is 5.38. The highest BCUT2D eigenvalue weighted by Crippen LogP contribution is 2.17. The van der Waals surface area contributed by atoms with Crippen molar-refractivity contribution in [1.29, 1.82) is 0 Å². The Kier molecular flexibility index (Phi) is 3.93. The van der Waals surface area contributed by atoms with Crippen molar-refractivity contribution < 1.29 is 9.53 Å². The largest absolute Gasteiger partial charge is 0.378 e. The summed E-state index contributed by atoms with van der Waals surface area (Å²) in [6.07, 6.45) is 4.05. The van der Waals surface area contributed by atoms with Crippen molar-refractivity contribution in [3.63, 3.8) is 0 Å². The smallest absolute Gasteiger partial charge is 0.225 e. The van der Waals surface area contributed by atoms with Gasteiger partial charge in [0.15, 0.2) is 0 Å². The van der Waals surface area contributed by atoms with Crippen LogP contribution in [0.25, 0.3) is 0 Å². The monoisotopic (exact) mass is 199 g/mol. The van der Waals surface area contributed by atoms with E-state index in [-0.39, 0.29) is 11.5 Å². The zero-order valence-corrected chi connectivity index (χ0v) is 9.51. The number of rotatable bonds is 3. The number of amides is 1. The van der Waals surface area contributed by atoms with Gasteiger partial charge in [0.1, 0.15) is 0 Å². The second-order valence-corrected chi connectivity index (χ2v) is 4.58. The van der Waals surface area contributed by atoms with Crippen molar-refractivity contribution in [2.24, 2.45) is 0 Å². The molecule has 0 bridgehead atoms. The third-order valence-corrected chi connectivity index (χ3v) is 2.84. The molecule has 0 aromatic carbocycles. The van der Waals surface area contributed by atoms with Crippen molar-refractivity contribution in [3.8, 4) is 0 Å². The number of carbonyl (C=O) groups excluding carboxylic acids is 1. The summed E-state index contributed by atoms with van der Waals surface area (Å²) < 4.78 is 5.25. The van der Waals surface area contributed by atoms with E-state index >= 15 is 0 Å². The summed E-state index contributed by atoms with van der Waals surface area (Å²) >= 11 is 0. The number of hydrogen-bond donors (Lipinski definition) is 0. The lowest BCUT2D eigenvalue weighted by atomic mass is 10.0. The summed E-state index contributed by atoms with van der Waals surface area (Å²) in [5.41, 5.74) is -0.325. The molecule has 82 valence electrons. The average molecular weight is 199 g/mol.